The van der Waals surface area contributed by atoms with Crippen molar-refractivity contribution in [3.63, 3.8) is 0 Å². The number of hydrogen-bond donors (Lipinski definition) is 1. The van der Waals surface area contributed by atoms with E-state index in [0.29, 0.717) is 17.9 Å². The average Bonchev–Trinajstić information content (AvgIpc) is 3.16. The number of rotatable bonds is 7. The molecule has 2 aromatic carbocycles. The molecule has 33 heavy (non-hydrogen) atoms. The Labute approximate surface area is 195 Å². The van der Waals surface area contributed by atoms with Gasteiger partial charge in [-0.2, -0.15) is 0 Å². The van der Waals surface area contributed by atoms with Crippen LogP contribution < -0.4 is 15.0 Å². The van der Waals surface area contributed by atoms with Crippen molar-refractivity contribution in [1.29, 1.82) is 0 Å². The SMILES string of the molecule is CCN1CCN(c2ccc(NC(=O)c3cccc(OCc4c(C)noc4C)c3)c(C)c2)CC1. The molecule has 7 nitrogen and oxygen atoms in total. The fourth-order valence-corrected chi connectivity index (χ4v) is 4.09. The molecule has 0 radical (unpaired) electrons. The molecule has 1 aliphatic heterocycles. The van der Waals surface area contributed by atoms with Crippen molar-refractivity contribution in [3.8, 4) is 5.75 Å². The Morgan fingerprint density at radius 3 is 2.55 bits per heavy atom. The van der Waals surface area contributed by atoms with Crippen molar-refractivity contribution in [2.75, 3.05) is 42.9 Å². The van der Waals surface area contributed by atoms with E-state index in [1.54, 1.807) is 12.1 Å². The zero-order chi connectivity index (χ0) is 23.4. The number of carbonyl (C=O) groups is 1. The van der Waals surface area contributed by atoms with Crippen LogP contribution in [0.25, 0.3) is 0 Å². The van der Waals surface area contributed by atoms with Gasteiger partial charge in [0.05, 0.1) is 11.3 Å². The molecule has 1 aromatic heterocycles. The topological polar surface area (TPSA) is 70.8 Å². The summed E-state index contributed by atoms with van der Waals surface area (Å²) >= 11 is 0. The molecule has 1 N–H and O–H groups in total. The largest absolute Gasteiger partial charge is 0.489 e. The maximum atomic E-state index is 12.9. The van der Waals surface area contributed by atoms with Crippen molar-refractivity contribution in [2.24, 2.45) is 0 Å². The number of nitrogens with one attached hydrogen (secondary N) is 1. The minimum Gasteiger partial charge on any atom is -0.489 e. The van der Waals surface area contributed by atoms with Crippen LogP contribution in [0.3, 0.4) is 0 Å². The van der Waals surface area contributed by atoms with Gasteiger partial charge in [0.2, 0.25) is 0 Å². The first-order valence-corrected chi connectivity index (χ1v) is 11.5. The molecule has 174 valence electrons. The molecule has 4 rings (SSSR count). The Morgan fingerprint density at radius 1 is 1.09 bits per heavy atom. The number of aromatic nitrogens is 1. The van der Waals surface area contributed by atoms with Crippen LogP contribution in [-0.2, 0) is 6.61 Å². The first-order chi connectivity index (χ1) is 15.9. The van der Waals surface area contributed by atoms with Crippen molar-refractivity contribution in [1.82, 2.24) is 10.1 Å². The van der Waals surface area contributed by atoms with Crippen LogP contribution in [0.15, 0.2) is 47.0 Å². The third-order valence-corrected chi connectivity index (χ3v) is 6.30. The number of benzene rings is 2. The van der Waals surface area contributed by atoms with Gasteiger partial charge in [0.15, 0.2) is 0 Å². The zero-order valence-corrected chi connectivity index (χ0v) is 19.9. The lowest BCUT2D eigenvalue weighted by Gasteiger charge is -2.35. The molecular formula is C26H32N4O3. The molecular weight excluding hydrogens is 416 g/mol. The van der Waals surface area contributed by atoms with Gasteiger partial charge in [-0.1, -0.05) is 18.1 Å². The van der Waals surface area contributed by atoms with Crippen LogP contribution in [0.2, 0.25) is 0 Å². The smallest absolute Gasteiger partial charge is 0.255 e. The predicted octanol–water partition coefficient (Wildman–Crippen LogP) is 4.57. The van der Waals surface area contributed by atoms with Gasteiger partial charge in [-0.15, -0.1) is 0 Å². The molecule has 2 heterocycles. The summed E-state index contributed by atoms with van der Waals surface area (Å²) in [5.41, 5.74) is 5.35. The van der Waals surface area contributed by atoms with Gasteiger partial charge in [0.25, 0.3) is 5.91 Å². The number of hydrogen-bond acceptors (Lipinski definition) is 6. The van der Waals surface area contributed by atoms with Crippen molar-refractivity contribution < 1.29 is 14.1 Å². The molecule has 1 amide bonds. The lowest BCUT2D eigenvalue weighted by molar-refractivity contribution is 0.102. The third-order valence-electron chi connectivity index (χ3n) is 6.30. The highest BCUT2D eigenvalue weighted by molar-refractivity contribution is 6.05. The number of anilines is 2. The average molecular weight is 449 g/mol. The summed E-state index contributed by atoms with van der Waals surface area (Å²) in [4.78, 5) is 17.8. The number of aryl methyl sites for hydroxylation is 3. The molecule has 0 atom stereocenters. The number of ether oxygens (including phenoxy) is 1. The Kier molecular flexibility index (Phi) is 6.99. The first kappa shape index (κ1) is 22.9. The maximum absolute atomic E-state index is 12.9. The number of amides is 1. The predicted molar refractivity (Wildman–Crippen MR) is 130 cm³/mol. The number of piperazine rings is 1. The Bertz CT molecular complexity index is 1100. The fraction of sp³-hybridized carbons (Fsp3) is 0.385. The molecule has 1 saturated heterocycles. The normalized spacial score (nSPS) is 14.4. The van der Waals surface area contributed by atoms with E-state index in [-0.39, 0.29) is 5.91 Å². The highest BCUT2D eigenvalue weighted by atomic mass is 16.5. The van der Waals surface area contributed by atoms with E-state index >= 15 is 0 Å². The minimum absolute atomic E-state index is 0.162. The summed E-state index contributed by atoms with van der Waals surface area (Å²) in [6, 6.07) is 13.4. The van der Waals surface area contributed by atoms with E-state index in [1.165, 1.54) is 5.69 Å². The maximum Gasteiger partial charge on any atom is 0.255 e. The lowest BCUT2D eigenvalue weighted by Crippen LogP contribution is -2.46. The summed E-state index contributed by atoms with van der Waals surface area (Å²) in [6.45, 7) is 13.7. The van der Waals surface area contributed by atoms with Crippen molar-refractivity contribution in [2.45, 2.75) is 34.3 Å². The van der Waals surface area contributed by atoms with E-state index < -0.39 is 0 Å². The van der Waals surface area contributed by atoms with Crippen LogP contribution in [0.5, 0.6) is 5.75 Å². The van der Waals surface area contributed by atoms with Crippen LogP contribution in [0, 0.1) is 20.8 Å². The standard InChI is InChI=1S/C26H32N4O3/c1-5-29-11-13-30(14-12-29)22-9-10-25(18(2)15-22)27-26(31)21-7-6-8-23(16-21)32-17-24-19(3)28-33-20(24)4/h6-10,15-16H,5,11-14,17H2,1-4H3,(H,27,31). The molecule has 0 saturated carbocycles. The Balaban J connectivity index is 1.39. The second-order valence-corrected chi connectivity index (χ2v) is 8.49. The van der Waals surface area contributed by atoms with Crippen LogP contribution >= 0.6 is 0 Å². The van der Waals surface area contributed by atoms with E-state index in [2.05, 4.69) is 39.3 Å². The molecule has 3 aromatic rings. The monoisotopic (exact) mass is 448 g/mol. The molecule has 7 heteroatoms. The molecule has 0 aliphatic carbocycles. The quantitative estimate of drug-likeness (QED) is 0.571. The second-order valence-electron chi connectivity index (χ2n) is 8.49. The third kappa shape index (κ3) is 5.37. The number of likely N-dealkylation sites (N-methyl/N-ethyl adjacent to an activating group) is 1. The van der Waals surface area contributed by atoms with Gasteiger partial charge in [-0.05, 0) is 69.3 Å². The molecule has 1 aliphatic rings. The van der Waals surface area contributed by atoms with Crippen LogP contribution in [0.1, 0.15) is 39.9 Å². The van der Waals surface area contributed by atoms with Gasteiger partial charge in [0, 0.05) is 43.1 Å². The van der Waals surface area contributed by atoms with E-state index in [4.69, 9.17) is 9.26 Å². The summed E-state index contributed by atoms with van der Waals surface area (Å²) in [5.74, 6) is 1.21. The Morgan fingerprint density at radius 2 is 1.88 bits per heavy atom. The number of nitrogens with zero attached hydrogens (tertiary/aromatic N) is 3. The minimum atomic E-state index is -0.162. The Hall–Kier alpha value is -3.32. The fourth-order valence-electron chi connectivity index (χ4n) is 4.09. The van der Waals surface area contributed by atoms with Crippen molar-refractivity contribution >= 4 is 17.3 Å². The summed E-state index contributed by atoms with van der Waals surface area (Å²) in [6.07, 6.45) is 0. The van der Waals surface area contributed by atoms with Gasteiger partial charge >= 0.3 is 0 Å². The van der Waals surface area contributed by atoms with E-state index in [1.807, 2.05) is 39.0 Å². The first-order valence-electron chi connectivity index (χ1n) is 11.5. The van der Waals surface area contributed by atoms with E-state index in [0.717, 1.165) is 61.0 Å². The summed E-state index contributed by atoms with van der Waals surface area (Å²) in [7, 11) is 0. The summed E-state index contributed by atoms with van der Waals surface area (Å²) in [5, 5.41) is 6.99. The molecule has 0 bridgehead atoms. The van der Waals surface area contributed by atoms with Gasteiger partial charge in [-0.25, -0.2) is 0 Å². The summed E-state index contributed by atoms with van der Waals surface area (Å²) < 4.78 is 11.1. The highest BCUT2D eigenvalue weighted by Gasteiger charge is 2.17. The van der Waals surface area contributed by atoms with Gasteiger partial charge in [-0.3, -0.25) is 4.79 Å². The van der Waals surface area contributed by atoms with Gasteiger partial charge in [0.1, 0.15) is 18.1 Å². The van der Waals surface area contributed by atoms with Crippen LogP contribution in [0.4, 0.5) is 11.4 Å². The molecule has 0 unspecified atom stereocenters. The van der Waals surface area contributed by atoms with Crippen molar-refractivity contribution in [3.05, 3.63) is 70.6 Å². The highest BCUT2D eigenvalue weighted by Crippen LogP contribution is 2.25. The molecule has 1 fully saturated rings. The van der Waals surface area contributed by atoms with Gasteiger partial charge < -0.3 is 24.4 Å². The molecule has 0 spiro atoms. The van der Waals surface area contributed by atoms with Crippen LogP contribution in [-0.4, -0.2) is 48.7 Å². The zero-order valence-electron chi connectivity index (χ0n) is 19.9. The lowest BCUT2D eigenvalue weighted by atomic mass is 10.1. The second kappa shape index (κ2) is 10.1. The van der Waals surface area contributed by atoms with E-state index in [9.17, 15) is 4.79 Å². The number of carbonyl (C=O) groups excluding carboxylic acids is 1.